The molecule has 0 amide bonds. The molecule has 1 saturated heterocycles. The van der Waals surface area contributed by atoms with Gasteiger partial charge in [0.25, 0.3) is 0 Å². The summed E-state index contributed by atoms with van der Waals surface area (Å²) < 4.78 is 4.82. The molecule has 1 unspecified atom stereocenters. The molecule has 1 aliphatic rings. The van der Waals surface area contributed by atoms with Crippen LogP contribution in [0, 0.1) is 5.92 Å². The average molecular weight is 212 g/mol. The van der Waals surface area contributed by atoms with Crippen molar-refractivity contribution < 1.29 is 14.3 Å². The highest BCUT2D eigenvalue weighted by atomic mass is 16.5. The average Bonchev–Trinajstić information content (AvgIpc) is 2.59. The number of rotatable bonds is 7. The Kier molecular flexibility index (Phi) is 5.37. The fourth-order valence-corrected chi connectivity index (χ4v) is 1.87. The van der Waals surface area contributed by atoms with E-state index in [-0.39, 0.29) is 17.7 Å². The first-order chi connectivity index (χ1) is 7.22. The molecule has 0 N–H and O–H groups in total. The molecule has 15 heavy (non-hydrogen) atoms. The van der Waals surface area contributed by atoms with E-state index in [0.717, 1.165) is 12.8 Å². The summed E-state index contributed by atoms with van der Waals surface area (Å²) in [5.74, 6) is 0.282. The van der Waals surface area contributed by atoms with E-state index in [0.29, 0.717) is 25.9 Å². The molecule has 1 atom stereocenters. The van der Waals surface area contributed by atoms with E-state index < -0.39 is 0 Å². The van der Waals surface area contributed by atoms with Crippen LogP contribution >= 0.6 is 0 Å². The van der Waals surface area contributed by atoms with E-state index in [1.54, 1.807) is 0 Å². The summed E-state index contributed by atoms with van der Waals surface area (Å²) in [6.45, 7) is 2.60. The predicted octanol–water partition coefficient (Wildman–Crippen LogP) is 2.48. The van der Waals surface area contributed by atoms with Gasteiger partial charge in [-0.3, -0.25) is 9.59 Å². The van der Waals surface area contributed by atoms with Crippen molar-refractivity contribution in [2.45, 2.75) is 51.9 Å². The molecule has 0 spiro atoms. The van der Waals surface area contributed by atoms with Crippen molar-refractivity contribution in [2.75, 3.05) is 6.61 Å². The summed E-state index contributed by atoms with van der Waals surface area (Å²) in [5, 5.41) is 0. The van der Waals surface area contributed by atoms with E-state index in [1.807, 2.05) is 0 Å². The standard InChI is InChI=1S/C12H20O3/c1-2-3-4-5-6-11(13)7-10-8-12(14)15-9-10/h10H,2-9H2,1H3. The SMILES string of the molecule is CCCCCCC(=O)CC1COC(=O)C1. The maximum atomic E-state index is 11.5. The molecule has 1 fully saturated rings. The van der Waals surface area contributed by atoms with Crippen molar-refractivity contribution in [3.63, 3.8) is 0 Å². The largest absolute Gasteiger partial charge is 0.465 e. The molecule has 0 aromatic heterocycles. The number of ether oxygens (including phenoxy) is 1. The Morgan fingerprint density at radius 1 is 1.40 bits per heavy atom. The molecule has 0 aliphatic carbocycles. The van der Waals surface area contributed by atoms with Gasteiger partial charge >= 0.3 is 5.97 Å². The Morgan fingerprint density at radius 2 is 2.20 bits per heavy atom. The van der Waals surface area contributed by atoms with Gasteiger partial charge in [0.1, 0.15) is 5.78 Å². The number of unbranched alkanes of at least 4 members (excludes halogenated alkanes) is 3. The fraction of sp³-hybridized carbons (Fsp3) is 0.833. The van der Waals surface area contributed by atoms with Gasteiger partial charge in [-0.15, -0.1) is 0 Å². The Labute approximate surface area is 91.2 Å². The number of hydrogen-bond acceptors (Lipinski definition) is 3. The number of carbonyl (C=O) groups is 2. The maximum Gasteiger partial charge on any atom is 0.306 e. The number of cyclic esters (lactones) is 1. The van der Waals surface area contributed by atoms with Gasteiger partial charge in [-0.1, -0.05) is 26.2 Å². The van der Waals surface area contributed by atoms with Crippen LogP contribution in [0.4, 0.5) is 0 Å². The number of ketones is 1. The van der Waals surface area contributed by atoms with Gasteiger partial charge in [-0.2, -0.15) is 0 Å². The van der Waals surface area contributed by atoms with Gasteiger partial charge < -0.3 is 4.74 Å². The number of esters is 1. The summed E-state index contributed by atoms with van der Waals surface area (Å²) in [6.07, 6.45) is 6.16. The normalized spacial score (nSPS) is 20.3. The molecule has 1 aliphatic heterocycles. The second-order valence-electron chi connectivity index (χ2n) is 4.31. The Bertz CT molecular complexity index is 223. The first-order valence-electron chi connectivity index (χ1n) is 5.89. The lowest BCUT2D eigenvalue weighted by molar-refractivity contribution is -0.138. The molecule has 0 aromatic rings. The summed E-state index contributed by atoms with van der Waals surface area (Å²) in [4.78, 5) is 22.3. The highest BCUT2D eigenvalue weighted by molar-refractivity contribution is 5.80. The van der Waals surface area contributed by atoms with Crippen molar-refractivity contribution in [3.05, 3.63) is 0 Å². The molecule has 0 bridgehead atoms. The van der Waals surface area contributed by atoms with Crippen LogP contribution in [0.1, 0.15) is 51.9 Å². The molecule has 1 rings (SSSR count). The van der Waals surface area contributed by atoms with E-state index >= 15 is 0 Å². The second kappa shape index (κ2) is 6.59. The molecular weight excluding hydrogens is 192 g/mol. The lowest BCUT2D eigenvalue weighted by atomic mass is 9.98. The van der Waals surface area contributed by atoms with E-state index in [2.05, 4.69) is 6.92 Å². The first kappa shape index (κ1) is 12.2. The number of Topliss-reactive ketones (excluding diaryl/α,β-unsaturated/α-hetero) is 1. The molecule has 0 aromatic carbocycles. The molecule has 86 valence electrons. The highest BCUT2D eigenvalue weighted by Crippen LogP contribution is 2.19. The van der Waals surface area contributed by atoms with Crippen LogP contribution in [0.15, 0.2) is 0 Å². The van der Waals surface area contributed by atoms with Crippen LogP contribution in [0.3, 0.4) is 0 Å². The Morgan fingerprint density at radius 3 is 2.80 bits per heavy atom. The predicted molar refractivity (Wildman–Crippen MR) is 57.4 cm³/mol. The van der Waals surface area contributed by atoms with Crippen LogP contribution in [0.25, 0.3) is 0 Å². The zero-order valence-corrected chi connectivity index (χ0v) is 9.46. The van der Waals surface area contributed by atoms with Gasteiger partial charge in [-0.05, 0) is 6.42 Å². The highest BCUT2D eigenvalue weighted by Gasteiger charge is 2.25. The minimum Gasteiger partial charge on any atom is -0.465 e. The lowest BCUT2D eigenvalue weighted by Gasteiger charge is -2.04. The van der Waals surface area contributed by atoms with Crippen LogP contribution < -0.4 is 0 Å². The molecular formula is C12H20O3. The van der Waals surface area contributed by atoms with Crippen molar-refractivity contribution in [2.24, 2.45) is 5.92 Å². The third-order valence-electron chi connectivity index (χ3n) is 2.76. The summed E-state index contributed by atoms with van der Waals surface area (Å²) in [7, 11) is 0. The van der Waals surface area contributed by atoms with Crippen molar-refractivity contribution in [1.82, 2.24) is 0 Å². The molecule has 0 saturated carbocycles. The minimum absolute atomic E-state index is 0.149. The maximum absolute atomic E-state index is 11.5. The third kappa shape index (κ3) is 4.96. The van der Waals surface area contributed by atoms with Crippen molar-refractivity contribution in [3.8, 4) is 0 Å². The van der Waals surface area contributed by atoms with E-state index in [1.165, 1.54) is 12.8 Å². The Hall–Kier alpha value is -0.860. The van der Waals surface area contributed by atoms with E-state index in [9.17, 15) is 9.59 Å². The van der Waals surface area contributed by atoms with Crippen LogP contribution in [0.2, 0.25) is 0 Å². The van der Waals surface area contributed by atoms with Gasteiger partial charge in [0, 0.05) is 18.8 Å². The smallest absolute Gasteiger partial charge is 0.306 e. The number of carbonyl (C=O) groups excluding carboxylic acids is 2. The lowest BCUT2D eigenvalue weighted by Crippen LogP contribution is -2.08. The summed E-state index contributed by atoms with van der Waals surface area (Å²) in [5.41, 5.74) is 0. The number of hydrogen-bond donors (Lipinski definition) is 0. The van der Waals surface area contributed by atoms with Crippen molar-refractivity contribution >= 4 is 11.8 Å². The zero-order chi connectivity index (χ0) is 11.1. The summed E-state index contributed by atoms with van der Waals surface area (Å²) >= 11 is 0. The summed E-state index contributed by atoms with van der Waals surface area (Å²) in [6, 6.07) is 0. The first-order valence-corrected chi connectivity index (χ1v) is 5.89. The molecule has 3 heteroatoms. The topological polar surface area (TPSA) is 43.4 Å². The minimum atomic E-state index is -0.154. The van der Waals surface area contributed by atoms with Gasteiger partial charge in [0.15, 0.2) is 0 Å². The second-order valence-corrected chi connectivity index (χ2v) is 4.31. The Balaban J connectivity index is 2.05. The van der Waals surface area contributed by atoms with Gasteiger partial charge in [-0.25, -0.2) is 0 Å². The van der Waals surface area contributed by atoms with Crippen LogP contribution in [-0.2, 0) is 14.3 Å². The van der Waals surface area contributed by atoms with Gasteiger partial charge in [0.05, 0.1) is 13.0 Å². The molecule has 1 heterocycles. The molecule has 3 nitrogen and oxygen atoms in total. The molecule has 0 radical (unpaired) electrons. The quantitative estimate of drug-likeness (QED) is 0.481. The van der Waals surface area contributed by atoms with E-state index in [4.69, 9.17) is 4.74 Å². The van der Waals surface area contributed by atoms with Crippen LogP contribution in [-0.4, -0.2) is 18.4 Å². The van der Waals surface area contributed by atoms with Gasteiger partial charge in [0.2, 0.25) is 0 Å². The third-order valence-corrected chi connectivity index (χ3v) is 2.76. The monoisotopic (exact) mass is 212 g/mol. The fourth-order valence-electron chi connectivity index (χ4n) is 1.87. The van der Waals surface area contributed by atoms with Crippen LogP contribution in [0.5, 0.6) is 0 Å². The zero-order valence-electron chi connectivity index (χ0n) is 9.46. The van der Waals surface area contributed by atoms with Crippen molar-refractivity contribution in [1.29, 1.82) is 0 Å².